The molecule has 1 aliphatic heterocycles. The number of aromatic amines is 2. The highest BCUT2D eigenvalue weighted by Crippen LogP contribution is 2.23. The summed E-state index contributed by atoms with van der Waals surface area (Å²) >= 11 is 0. The third-order valence-electron chi connectivity index (χ3n) is 4.58. The first-order valence-electron chi connectivity index (χ1n) is 8.27. The monoisotopic (exact) mass is 356 g/mol. The average Bonchev–Trinajstić information content (AvgIpc) is 3.11. The maximum atomic E-state index is 14.3. The lowest BCUT2D eigenvalue weighted by atomic mass is 10.1. The van der Waals surface area contributed by atoms with Crippen molar-refractivity contribution in [1.82, 2.24) is 20.2 Å². The van der Waals surface area contributed by atoms with Gasteiger partial charge in [0.05, 0.1) is 11.9 Å². The van der Waals surface area contributed by atoms with E-state index < -0.39 is 5.82 Å². The normalized spacial score (nSPS) is 14.8. The van der Waals surface area contributed by atoms with Gasteiger partial charge in [0.2, 0.25) is 5.95 Å². The number of benzene rings is 1. The Hall–Kier alpha value is -3.23. The van der Waals surface area contributed by atoms with Gasteiger partial charge >= 0.3 is 0 Å². The minimum Gasteiger partial charge on any atom is -0.366 e. The number of fused-ring (bicyclic) bond motifs is 1. The van der Waals surface area contributed by atoms with Crippen LogP contribution in [0.2, 0.25) is 0 Å². The number of hydrogen-bond acceptors (Lipinski definition) is 6. The number of halogens is 1. The number of nitrogens with one attached hydrogen (secondary N) is 2. The molecule has 0 radical (unpaired) electrons. The molecule has 1 saturated heterocycles. The smallest absolute Gasteiger partial charge is 0.263 e. The fourth-order valence-corrected chi connectivity index (χ4v) is 3.12. The number of anilines is 2. The van der Waals surface area contributed by atoms with Gasteiger partial charge in [-0.3, -0.25) is 19.7 Å². The lowest BCUT2D eigenvalue weighted by Gasteiger charge is -2.36. The van der Waals surface area contributed by atoms with Crippen molar-refractivity contribution in [2.75, 3.05) is 36.0 Å². The molecule has 1 aliphatic rings. The zero-order valence-electron chi connectivity index (χ0n) is 14.1. The van der Waals surface area contributed by atoms with Crippen LogP contribution in [0.15, 0.2) is 29.2 Å². The van der Waals surface area contributed by atoms with Crippen LogP contribution in [0, 0.1) is 5.82 Å². The van der Waals surface area contributed by atoms with Crippen LogP contribution in [0.25, 0.3) is 11.0 Å². The van der Waals surface area contributed by atoms with Crippen molar-refractivity contribution in [3.8, 4) is 0 Å². The third-order valence-corrected chi connectivity index (χ3v) is 4.58. The van der Waals surface area contributed by atoms with Crippen molar-refractivity contribution in [3.63, 3.8) is 0 Å². The van der Waals surface area contributed by atoms with E-state index in [1.165, 1.54) is 19.2 Å². The Morgan fingerprint density at radius 2 is 1.92 bits per heavy atom. The van der Waals surface area contributed by atoms with Crippen LogP contribution in [0.5, 0.6) is 0 Å². The standard InChI is InChI=1S/C17H17FN6O2/c1-10(25)11-2-3-14(13(18)8-11)23-4-6-24(7-5-23)17-20-15-12(9-19-22-15)16(26)21-17/h2-3,8-9H,4-7H2,1H3,(H2,19,20,21,22,26). The summed E-state index contributed by atoms with van der Waals surface area (Å²) in [7, 11) is 0. The van der Waals surface area contributed by atoms with Crippen LogP contribution >= 0.6 is 0 Å². The molecule has 26 heavy (non-hydrogen) atoms. The highest BCUT2D eigenvalue weighted by atomic mass is 19.1. The summed E-state index contributed by atoms with van der Waals surface area (Å²) in [5, 5.41) is 6.95. The van der Waals surface area contributed by atoms with E-state index >= 15 is 0 Å². The summed E-state index contributed by atoms with van der Waals surface area (Å²) in [6, 6.07) is 4.55. The summed E-state index contributed by atoms with van der Waals surface area (Å²) in [4.78, 5) is 34.4. The molecule has 3 aromatic rings. The minimum absolute atomic E-state index is 0.163. The second-order valence-electron chi connectivity index (χ2n) is 6.22. The van der Waals surface area contributed by atoms with Crippen molar-refractivity contribution in [1.29, 1.82) is 0 Å². The van der Waals surface area contributed by atoms with Crippen molar-refractivity contribution in [2.45, 2.75) is 6.92 Å². The van der Waals surface area contributed by atoms with Crippen LogP contribution in [0.1, 0.15) is 17.3 Å². The van der Waals surface area contributed by atoms with Crippen LogP contribution in [0.3, 0.4) is 0 Å². The molecule has 8 nitrogen and oxygen atoms in total. The molecule has 0 unspecified atom stereocenters. The molecule has 0 saturated carbocycles. The number of carbonyl (C=O) groups excluding carboxylic acids is 1. The molecule has 0 bridgehead atoms. The Bertz CT molecular complexity index is 1040. The Labute approximate surface area is 147 Å². The molecular weight excluding hydrogens is 339 g/mol. The van der Waals surface area contributed by atoms with Gasteiger partial charge in [0.25, 0.3) is 5.56 Å². The second kappa shape index (κ2) is 6.25. The first kappa shape index (κ1) is 16.2. The predicted octanol–water partition coefficient (Wildman–Crippen LogP) is 1.31. The maximum Gasteiger partial charge on any atom is 0.263 e. The van der Waals surface area contributed by atoms with Crippen molar-refractivity contribution in [3.05, 3.63) is 46.1 Å². The molecule has 9 heteroatoms. The van der Waals surface area contributed by atoms with Crippen molar-refractivity contribution in [2.24, 2.45) is 0 Å². The van der Waals surface area contributed by atoms with Crippen molar-refractivity contribution < 1.29 is 9.18 Å². The van der Waals surface area contributed by atoms with Gasteiger partial charge in [0.15, 0.2) is 11.4 Å². The number of hydrogen-bond donors (Lipinski definition) is 2. The lowest BCUT2D eigenvalue weighted by molar-refractivity contribution is 0.101. The molecule has 0 amide bonds. The molecule has 2 aromatic heterocycles. The number of carbonyl (C=O) groups is 1. The van der Waals surface area contributed by atoms with Gasteiger partial charge in [-0.25, -0.2) is 4.39 Å². The highest BCUT2D eigenvalue weighted by molar-refractivity contribution is 5.94. The molecule has 1 fully saturated rings. The zero-order valence-corrected chi connectivity index (χ0v) is 14.1. The number of nitrogens with zero attached hydrogens (tertiary/aromatic N) is 4. The fraction of sp³-hybridized carbons (Fsp3) is 0.294. The Morgan fingerprint density at radius 3 is 2.62 bits per heavy atom. The summed E-state index contributed by atoms with van der Waals surface area (Å²) in [5.74, 6) is -0.0974. The predicted molar refractivity (Wildman–Crippen MR) is 95.3 cm³/mol. The van der Waals surface area contributed by atoms with E-state index in [0.29, 0.717) is 54.4 Å². The lowest BCUT2D eigenvalue weighted by Crippen LogP contribution is -2.47. The number of ketones is 1. The Balaban J connectivity index is 1.51. The van der Waals surface area contributed by atoms with Gasteiger partial charge in [0, 0.05) is 31.7 Å². The quantitative estimate of drug-likeness (QED) is 0.687. The van der Waals surface area contributed by atoms with Gasteiger partial charge in [-0.2, -0.15) is 10.1 Å². The zero-order chi connectivity index (χ0) is 18.3. The molecule has 4 rings (SSSR count). The van der Waals surface area contributed by atoms with E-state index in [2.05, 4.69) is 20.2 Å². The number of rotatable bonds is 3. The maximum absolute atomic E-state index is 14.3. The van der Waals surface area contributed by atoms with Gasteiger partial charge in [-0.05, 0) is 25.1 Å². The SMILES string of the molecule is CC(=O)c1ccc(N2CCN(c3nc4[nH]ncc4c(=O)[nH]3)CC2)c(F)c1. The highest BCUT2D eigenvalue weighted by Gasteiger charge is 2.22. The molecule has 0 atom stereocenters. The summed E-state index contributed by atoms with van der Waals surface area (Å²) < 4.78 is 14.3. The Kier molecular flexibility index (Phi) is 3.90. The third kappa shape index (κ3) is 2.81. The number of H-pyrrole nitrogens is 2. The van der Waals surface area contributed by atoms with Crippen molar-refractivity contribution >= 4 is 28.5 Å². The van der Waals surface area contributed by atoms with E-state index in [4.69, 9.17) is 0 Å². The van der Waals surface area contributed by atoms with Gasteiger partial charge in [0.1, 0.15) is 11.2 Å². The average molecular weight is 356 g/mol. The van der Waals surface area contributed by atoms with E-state index in [1.807, 2.05) is 9.80 Å². The molecular formula is C17H17FN6O2. The van der Waals surface area contributed by atoms with E-state index in [1.54, 1.807) is 12.1 Å². The second-order valence-corrected chi connectivity index (χ2v) is 6.22. The molecule has 3 heterocycles. The van der Waals surface area contributed by atoms with E-state index in [9.17, 15) is 14.0 Å². The summed E-state index contributed by atoms with van der Waals surface area (Å²) in [5.41, 5.74) is 1.03. The molecule has 134 valence electrons. The fourth-order valence-electron chi connectivity index (χ4n) is 3.12. The first-order valence-corrected chi connectivity index (χ1v) is 8.27. The van der Waals surface area contributed by atoms with Gasteiger partial charge < -0.3 is 9.80 Å². The summed E-state index contributed by atoms with van der Waals surface area (Å²) in [6.07, 6.45) is 1.44. The molecule has 2 N–H and O–H groups in total. The van der Waals surface area contributed by atoms with Crippen LogP contribution in [-0.2, 0) is 0 Å². The Morgan fingerprint density at radius 1 is 1.19 bits per heavy atom. The number of piperazine rings is 1. The summed E-state index contributed by atoms with van der Waals surface area (Å²) in [6.45, 7) is 3.71. The van der Waals surface area contributed by atoms with Gasteiger partial charge in [-0.1, -0.05) is 0 Å². The minimum atomic E-state index is -0.406. The van der Waals surface area contributed by atoms with E-state index in [-0.39, 0.29) is 11.3 Å². The first-order chi connectivity index (χ1) is 12.5. The molecule has 1 aromatic carbocycles. The molecule has 0 aliphatic carbocycles. The van der Waals surface area contributed by atoms with Gasteiger partial charge in [-0.15, -0.1) is 0 Å². The van der Waals surface area contributed by atoms with Crippen LogP contribution in [-0.4, -0.2) is 52.1 Å². The molecule has 0 spiro atoms. The van der Waals surface area contributed by atoms with Crippen LogP contribution < -0.4 is 15.4 Å². The number of Topliss-reactive ketones (excluding diaryl/α,β-unsaturated/α-hetero) is 1. The van der Waals surface area contributed by atoms with E-state index in [0.717, 1.165) is 0 Å². The van der Waals surface area contributed by atoms with Crippen LogP contribution in [0.4, 0.5) is 16.0 Å². The number of aromatic nitrogens is 4. The topological polar surface area (TPSA) is 98.0 Å². The largest absolute Gasteiger partial charge is 0.366 e.